The third kappa shape index (κ3) is 7.44. The predicted octanol–water partition coefficient (Wildman–Crippen LogP) is 5.64. The number of pyridine rings is 1. The molecule has 2 aromatic heterocycles. The highest BCUT2D eigenvalue weighted by atomic mass is 16.5. The van der Waals surface area contributed by atoms with Gasteiger partial charge >= 0.3 is 0 Å². The number of aromatic amines is 1. The van der Waals surface area contributed by atoms with E-state index in [4.69, 9.17) is 14.5 Å². The third-order valence-electron chi connectivity index (χ3n) is 11.3. The number of rotatable bonds is 13. The van der Waals surface area contributed by atoms with Gasteiger partial charge in [-0.1, -0.05) is 30.7 Å². The summed E-state index contributed by atoms with van der Waals surface area (Å²) >= 11 is 0. The number of piperidine rings is 1. The lowest BCUT2D eigenvalue weighted by atomic mass is 10.0. The number of nitrogens with zero attached hydrogens (tertiary/aromatic N) is 4. The Hall–Kier alpha value is -6.70. The van der Waals surface area contributed by atoms with Crippen LogP contribution in [0.1, 0.15) is 59.2 Å². The molecule has 3 aliphatic rings. The number of aromatic nitrogens is 2. The Bertz CT molecular complexity index is 2400. The standard InChI is InChI=1S/C44H45N7O7/c1-57-36-16-12-28(24-37(36)58-2)33-26-47-41-32(33)23-29(25-46-41)27-10-13-30(14-11-27)49-19-21-50(22-20-49)39(53)9-4-3-5-18-45-34-8-6-7-31-40(34)44(56)51(43(31)55)35-15-17-38(52)48-42(35)54/h6-8,10-14,16,23-26,35,45H,3-5,9,15,17-22H2,1-2H3,(H,46,47)(H,48,52,54). The molecule has 0 aliphatic carbocycles. The van der Waals surface area contributed by atoms with Crippen molar-refractivity contribution in [3.63, 3.8) is 0 Å². The molecule has 0 bridgehead atoms. The molecule has 1 atom stereocenters. The maximum absolute atomic E-state index is 13.3. The number of benzene rings is 3. The van der Waals surface area contributed by atoms with E-state index in [2.05, 4.69) is 50.8 Å². The summed E-state index contributed by atoms with van der Waals surface area (Å²) in [6, 6.07) is 20.5. The maximum Gasteiger partial charge on any atom is 0.264 e. The van der Waals surface area contributed by atoms with Crippen LogP contribution in [0.3, 0.4) is 0 Å². The average Bonchev–Trinajstić information content (AvgIpc) is 3.79. The van der Waals surface area contributed by atoms with Crippen LogP contribution in [0.15, 0.2) is 79.1 Å². The van der Waals surface area contributed by atoms with E-state index in [1.165, 1.54) is 0 Å². The quantitative estimate of drug-likeness (QED) is 0.101. The van der Waals surface area contributed by atoms with Crippen molar-refractivity contribution in [2.24, 2.45) is 0 Å². The van der Waals surface area contributed by atoms with Crippen LogP contribution >= 0.6 is 0 Å². The number of anilines is 2. The molecule has 14 heteroatoms. The largest absolute Gasteiger partial charge is 0.493 e. The average molecular weight is 784 g/mol. The summed E-state index contributed by atoms with van der Waals surface area (Å²) in [5.74, 6) is -0.614. The molecule has 3 aliphatic heterocycles. The van der Waals surface area contributed by atoms with Gasteiger partial charge in [0.2, 0.25) is 17.7 Å². The second kappa shape index (κ2) is 16.4. The van der Waals surface area contributed by atoms with Gasteiger partial charge in [-0.15, -0.1) is 0 Å². The number of hydrogen-bond acceptors (Lipinski definition) is 10. The second-order valence-corrected chi connectivity index (χ2v) is 14.7. The summed E-state index contributed by atoms with van der Waals surface area (Å²) in [4.78, 5) is 76.8. The highest BCUT2D eigenvalue weighted by Crippen LogP contribution is 2.37. The Balaban J connectivity index is 0.790. The Morgan fingerprint density at radius 3 is 2.36 bits per heavy atom. The summed E-state index contributed by atoms with van der Waals surface area (Å²) in [6.07, 6.45) is 6.83. The van der Waals surface area contributed by atoms with Crippen molar-refractivity contribution in [3.8, 4) is 33.8 Å². The fourth-order valence-corrected chi connectivity index (χ4v) is 8.10. The van der Waals surface area contributed by atoms with E-state index in [1.54, 1.807) is 32.4 Å². The summed E-state index contributed by atoms with van der Waals surface area (Å²) in [7, 11) is 3.25. The first-order valence-corrected chi connectivity index (χ1v) is 19.6. The molecule has 0 radical (unpaired) electrons. The van der Waals surface area contributed by atoms with Crippen molar-refractivity contribution in [1.82, 2.24) is 25.1 Å². The van der Waals surface area contributed by atoms with Gasteiger partial charge in [-0.3, -0.25) is 34.2 Å². The van der Waals surface area contributed by atoms with E-state index >= 15 is 0 Å². The number of nitrogens with one attached hydrogen (secondary N) is 3. The Labute approximate surface area is 335 Å². The molecule has 3 aromatic carbocycles. The number of fused-ring (bicyclic) bond motifs is 2. The monoisotopic (exact) mass is 783 g/mol. The third-order valence-corrected chi connectivity index (χ3v) is 11.3. The zero-order chi connectivity index (χ0) is 40.3. The predicted molar refractivity (Wildman–Crippen MR) is 219 cm³/mol. The molecule has 2 saturated heterocycles. The molecule has 58 heavy (non-hydrogen) atoms. The summed E-state index contributed by atoms with van der Waals surface area (Å²) in [5, 5.41) is 6.51. The van der Waals surface area contributed by atoms with Crippen molar-refractivity contribution in [3.05, 3.63) is 90.3 Å². The zero-order valence-corrected chi connectivity index (χ0v) is 32.5. The number of piperazine rings is 1. The lowest BCUT2D eigenvalue weighted by molar-refractivity contribution is -0.136. The minimum atomic E-state index is -1.01. The van der Waals surface area contributed by atoms with Gasteiger partial charge in [-0.2, -0.15) is 0 Å². The van der Waals surface area contributed by atoms with Crippen molar-refractivity contribution >= 4 is 51.9 Å². The number of methoxy groups -OCH3 is 2. The number of amides is 5. The first-order chi connectivity index (χ1) is 28.2. The van der Waals surface area contributed by atoms with Crippen LogP contribution in [0.4, 0.5) is 11.4 Å². The van der Waals surface area contributed by atoms with E-state index in [-0.39, 0.29) is 29.9 Å². The van der Waals surface area contributed by atoms with E-state index in [9.17, 15) is 24.0 Å². The molecule has 0 spiro atoms. The molecule has 5 amide bonds. The van der Waals surface area contributed by atoms with Gasteiger partial charge in [0.05, 0.1) is 25.3 Å². The number of ether oxygens (including phenoxy) is 2. The second-order valence-electron chi connectivity index (χ2n) is 14.7. The van der Waals surface area contributed by atoms with E-state index in [1.807, 2.05) is 35.5 Å². The molecule has 1 unspecified atom stereocenters. The number of unbranched alkanes of at least 4 members (excludes halogenated alkanes) is 2. The molecule has 8 rings (SSSR count). The molecule has 5 heterocycles. The molecule has 5 aromatic rings. The Morgan fingerprint density at radius 2 is 1.60 bits per heavy atom. The molecule has 2 fully saturated rings. The van der Waals surface area contributed by atoms with Crippen LogP contribution in [0, 0.1) is 0 Å². The van der Waals surface area contributed by atoms with Crippen LogP contribution in [0.2, 0.25) is 0 Å². The van der Waals surface area contributed by atoms with Crippen LogP contribution in [-0.4, -0.2) is 102 Å². The molecule has 3 N–H and O–H groups in total. The number of carbonyl (C=O) groups is 5. The van der Waals surface area contributed by atoms with Crippen LogP contribution in [0.5, 0.6) is 11.5 Å². The van der Waals surface area contributed by atoms with Crippen LogP contribution < -0.4 is 25.0 Å². The lowest BCUT2D eigenvalue weighted by Gasteiger charge is -2.36. The van der Waals surface area contributed by atoms with E-state index in [0.29, 0.717) is 43.2 Å². The van der Waals surface area contributed by atoms with Gasteiger partial charge in [0.25, 0.3) is 11.8 Å². The molecule has 298 valence electrons. The summed E-state index contributed by atoms with van der Waals surface area (Å²) < 4.78 is 10.9. The van der Waals surface area contributed by atoms with Crippen LogP contribution in [-0.2, 0) is 14.4 Å². The zero-order valence-electron chi connectivity index (χ0n) is 32.5. The van der Waals surface area contributed by atoms with Gasteiger partial charge < -0.3 is 29.6 Å². The van der Waals surface area contributed by atoms with Crippen molar-refractivity contribution < 1.29 is 33.4 Å². The fourth-order valence-electron chi connectivity index (χ4n) is 8.10. The molecular weight excluding hydrogens is 739 g/mol. The summed E-state index contributed by atoms with van der Waals surface area (Å²) in [6.45, 7) is 3.39. The van der Waals surface area contributed by atoms with E-state index in [0.717, 1.165) is 76.2 Å². The number of H-pyrrole nitrogens is 1. The topological polar surface area (TPSA) is 166 Å². The van der Waals surface area contributed by atoms with Gasteiger partial charge in [0.15, 0.2) is 11.5 Å². The van der Waals surface area contributed by atoms with Crippen LogP contribution in [0.25, 0.3) is 33.3 Å². The van der Waals surface area contributed by atoms with Gasteiger partial charge in [-0.25, -0.2) is 4.98 Å². The van der Waals surface area contributed by atoms with Crippen molar-refractivity contribution in [2.75, 3.05) is 57.2 Å². The fraction of sp³-hybridized carbons (Fsp3) is 0.318. The minimum absolute atomic E-state index is 0.0703. The highest BCUT2D eigenvalue weighted by molar-refractivity contribution is 6.25. The minimum Gasteiger partial charge on any atom is -0.493 e. The smallest absolute Gasteiger partial charge is 0.264 e. The molecular formula is C44H45N7O7. The number of imide groups is 2. The SMILES string of the molecule is COc1ccc(-c2c[nH]c3ncc(-c4ccc(N5CCN(C(=O)CCCCCNc6cccc7c6C(=O)N(C6CCC(=O)NC6=O)C7=O)CC5)cc4)cc23)cc1OC. The highest BCUT2D eigenvalue weighted by Gasteiger charge is 2.45. The Kier molecular flexibility index (Phi) is 10.8. The number of carbonyl (C=O) groups excluding carboxylic acids is 5. The van der Waals surface area contributed by atoms with Gasteiger partial charge in [0, 0.05) is 85.8 Å². The maximum atomic E-state index is 13.3. The first-order valence-electron chi connectivity index (χ1n) is 19.6. The van der Waals surface area contributed by atoms with Gasteiger partial charge in [-0.05, 0) is 72.9 Å². The van der Waals surface area contributed by atoms with Crippen molar-refractivity contribution in [1.29, 1.82) is 0 Å². The van der Waals surface area contributed by atoms with Crippen molar-refractivity contribution in [2.45, 2.75) is 44.6 Å². The van der Waals surface area contributed by atoms with Gasteiger partial charge in [0.1, 0.15) is 11.7 Å². The summed E-state index contributed by atoms with van der Waals surface area (Å²) in [5.41, 5.74) is 7.05. The lowest BCUT2D eigenvalue weighted by Crippen LogP contribution is -2.54. The number of hydrogen-bond donors (Lipinski definition) is 3. The van der Waals surface area contributed by atoms with E-state index < -0.39 is 29.7 Å². The first kappa shape index (κ1) is 38.2. The molecule has 14 nitrogen and oxygen atoms in total. The Morgan fingerprint density at radius 1 is 0.828 bits per heavy atom. The normalized spacial score (nSPS) is 16.8. The molecule has 0 saturated carbocycles.